The Morgan fingerprint density at radius 2 is 1.73 bits per heavy atom. The van der Waals surface area contributed by atoms with Crippen LogP contribution in [-0.4, -0.2) is 14.2 Å². The van der Waals surface area contributed by atoms with E-state index in [0.29, 0.717) is 11.5 Å². The Bertz CT molecular complexity index is 1110. The zero-order valence-electron chi connectivity index (χ0n) is 14.4. The van der Waals surface area contributed by atoms with Gasteiger partial charge in [-0.05, 0) is 35.7 Å². The molecule has 0 aliphatic carbocycles. The van der Waals surface area contributed by atoms with Gasteiger partial charge in [0.2, 0.25) is 0 Å². The molecular formula is C21H17NO3S. The predicted octanol–water partition coefficient (Wildman–Crippen LogP) is 5.41. The molecule has 0 spiro atoms. The van der Waals surface area contributed by atoms with Crippen LogP contribution >= 0.6 is 11.3 Å². The second-order valence-corrected chi connectivity index (χ2v) is 6.57. The number of thiophene rings is 1. The Kier molecular flexibility index (Phi) is 4.46. The fourth-order valence-corrected chi connectivity index (χ4v) is 3.46. The van der Waals surface area contributed by atoms with Crippen LogP contribution in [0.4, 0.5) is 5.69 Å². The molecule has 0 radical (unpaired) electrons. The van der Waals surface area contributed by atoms with E-state index in [1.807, 2.05) is 66.0 Å². The maximum atomic E-state index is 6.07. The Hall–Kier alpha value is -3.05. The van der Waals surface area contributed by atoms with Crippen molar-refractivity contribution < 1.29 is 13.9 Å². The van der Waals surface area contributed by atoms with Gasteiger partial charge >= 0.3 is 0 Å². The average molecular weight is 363 g/mol. The van der Waals surface area contributed by atoms with Crippen LogP contribution in [0.15, 0.2) is 75.5 Å². The number of methoxy groups -OCH3 is 2. The summed E-state index contributed by atoms with van der Waals surface area (Å²) < 4.78 is 16.8. The van der Waals surface area contributed by atoms with Crippen molar-refractivity contribution in [2.45, 2.75) is 0 Å². The molecule has 4 aromatic rings. The number of hydrogen-bond donors (Lipinski definition) is 0. The molecule has 130 valence electrons. The Balaban J connectivity index is 1.94. The molecule has 4 nitrogen and oxygen atoms in total. The van der Waals surface area contributed by atoms with Crippen LogP contribution in [0, 0.1) is 0 Å². The monoisotopic (exact) mass is 363 g/mol. The summed E-state index contributed by atoms with van der Waals surface area (Å²) in [6.45, 7) is 0. The molecule has 0 saturated heterocycles. The van der Waals surface area contributed by atoms with E-state index in [-0.39, 0.29) is 0 Å². The average Bonchev–Trinajstić information content (AvgIpc) is 3.22. The first kappa shape index (κ1) is 16.4. The van der Waals surface area contributed by atoms with E-state index in [1.165, 1.54) is 0 Å². The van der Waals surface area contributed by atoms with Gasteiger partial charge in [0.1, 0.15) is 11.3 Å². The van der Waals surface area contributed by atoms with E-state index in [0.717, 1.165) is 32.7 Å². The maximum absolute atomic E-state index is 6.07. The molecule has 0 amide bonds. The minimum Gasteiger partial charge on any atom is -0.493 e. The summed E-state index contributed by atoms with van der Waals surface area (Å²) >= 11 is 1.64. The van der Waals surface area contributed by atoms with Gasteiger partial charge in [-0.1, -0.05) is 18.2 Å². The van der Waals surface area contributed by atoms with Crippen LogP contribution in [0.25, 0.3) is 21.6 Å². The molecule has 0 unspecified atom stereocenters. The summed E-state index contributed by atoms with van der Waals surface area (Å²) in [5, 5.41) is 3.84. The first-order valence-electron chi connectivity index (χ1n) is 8.12. The molecule has 0 aliphatic rings. The van der Waals surface area contributed by atoms with E-state index < -0.39 is 0 Å². The van der Waals surface area contributed by atoms with Gasteiger partial charge in [-0.25, -0.2) is 4.99 Å². The molecule has 0 aliphatic heterocycles. The SMILES string of the molecule is COc1ccc(N=c2cc(-c3cccs3)oc3ccccc23)cc1OC. The summed E-state index contributed by atoms with van der Waals surface area (Å²) in [5.41, 5.74) is 1.59. The van der Waals surface area contributed by atoms with Crippen LogP contribution in [0.2, 0.25) is 0 Å². The van der Waals surface area contributed by atoms with E-state index in [2.05, 4.69) is 0 Å². The zero-order valence-corrected chi connectivity index (χ0v) is 15.2. The van der Waals surface area contributed by atoms with Gasteiger partial charge in [0, 0.05) is 17.5 Å². The van der Waals surface area contributed by atoms with Gasteiger partial charge in [-0.2, -0.15) is 0 Å². The molecule has 0 N–H and O–H groups in total. The van der Waals surface area contributed by atoms with Crippen molar-refractivity contribution in [3.05, 3.63) is 71.4 Å². The highest BCUT2D eigenvalue weighted by atomic mass is 32.1. The van der Waals surface area contributed by atoms with Crippen molar-refractivity contribution >= 4 is 28.0 Å². The third-order valence-electron chi connectivity index (χ3n) is 4.03. The van der Waals surface area contributed by atoms with E-state index >= 15 is 0 Å². The van der Waals surface area contributed by atoms with E-state index in [4.69, 9.17) is 18.9 Å². The van der Waals surface area contributed by atoms with Gasteiger partial charge in [-0.15, -0.1) is 11.3 Å². The summed E-state index contributed by atoms with van der Waals surface area (Å²) in [7, 11) is 3.24. The van der Waals surface area contributed by atoms with Gasteiger partial charge in [-0.3, -0.25) is 0 Å². The smallest absolute Gasteiger partial charge is 0.162 e. The lowest BCUT2D eigenvalue weighted by Crippen LogP contribution is -2.02. The molecule has 26 heavy (non-hydrogen) atoms. The molecule has 0 bridgehead atoms. The van der Waals surface area contributed by atoms with Crippen LogP contribution < -0.4 is 14.8 Å². The van der Waals surface area contributed by atoms with Crippen molar-refractivity contribution in [2.24, 2.45) is 4.99 Å². The minimum atomic E-state index is 0.650. The van der Waals surface area contributed by atoms with Crippen LogP contribution in [0.5, 0.6) is 11.5 Å². The number of benzene rings is 2. The Morgan fingerprint density at radius 3 is 2.50 bits per heavy atom. The van der Waals surface area contributed by atoms with E-state index in [1.54, 1.807) is 25.6 Å². The van der Waals surface area contributed by atoms with Crippen molar-refractivity contribution in [3.63, 3.8) is 0 Å². The van der Waals surface area contributed by atoms with Gasteiger partial charge in [0.15, 0.2) is 11.5 Å². The minimum absolute atomic E-state index is 0.650. The molecule has 4 rings (SSSR count). The molecule has 0 fully saturated rings. The quantitative estimate of drug-likeness (QED) is 0.487. The van der Waals surface area contributed by atoms with Gasteiger partial charge < -0.3 is 13.9 Å². The lowest BCUT2D eigenvalue weighted by Gasteiger charge is -2.08. The molecule has 5 heteroatoms. The van der Waals surface area contributed by atoms with E-state index in [9.17, 15) is 0 Å². The largest absolute Gasteiger partial charge is 0.493 e. The summed E-state index contributed by atoms with van der Waals surface area (Å²) in [5.74, 6) is 2.13. The number of nitrogens with zero attached hydrogens (tertiary/aromatic N) is 1. The first-order valence-corrected chi connectivity index (χ1v) is 9.00. The molecule has 2 aromatic heterocycles. The van der Waals surface area contributed by atoms with Crippen molar-refractivity contribution in [1.82, 2.24) is 0 Å². The predicted molar refractivity (Wildman–Crippen MR) is 104 cm³/mol. The normalized spacial score (nSPS) is 11.7. The van der Waals surface area contributed by atoms with Crippen LogP contribution in [-0.2, 0) is 0 Å². The topological polar surface area (TPSA) is 44.0 Å². The number of rotatable bonds is 4. The molecular weight excluding hydrogens is 346 g/mol. The summed E-state index contributed by atoms with van der Waals surface area (Å²) in [6.07, 6.45) is 0. The summed E-state index contributed by atoms with van der Waals surface area (Å²) in [6, 6.07) is 19.6. The van der Waals surface area contributed by atoms with Gasteiger partial charge in [0.05, 0.1) is 30.1 Å². The highest BCUT2D eigenvalue weighted by Crippen LogP contribution is 2.31. The number of ether oxygens (including phenoxy) is 2. The maximum Gasteiger partial charge on any atom is 0.162 e. The van der Waals surface area contributed by atoms with Gasteiger partial charge in [0.25, 0.3) is 0 Å². The number of fused-ring (bicyclic) bond motifs is 1. The highest BCUT2D eigenvalue weighted by molar-refractivity contribution is 7.13. The van der Waals surface area contributed by atoms with Crippen molar-refractivity contribution in [1.29, 1.82) is 0 Å². The van der Waals surface area contributed by atoms with Crippen LogP contribution in [0.3, 0.4) is 0 Å². The van der Waals surface area contributed by atoms with Crippen LogP contribution in [0.1, 0.15) is 0 Å². The third-order valence-corrected chi connectivity index (χ3v) is 4.92. The van der Waals surface area contributed by atoms with Crippen molar-refractivity contribution in [2.75, 3.05) is 14.2 Å². The fraction of sp³-hybridized carbons (Fsp3) is 0.0952. The first-order chi connectivity index (χ1) is 12.8. The molecule has 0 saturated carbocycles. The Labute approximate surface area is 155 Å². The lowest BCUT2D eigenvalue weighted by atomic mass is 10.2. The molecule has 0 atom stereocenters. The third kappa shape index (κ3) is 3.09. The fourth-order valence-electron chi connectivity index (χ4n) is 2.78. The second kappa shape index (κ2) is 7.06. The second-order valence-electron chi connectivity index (χ2n) is 5.62. The summed E-state index contributed by atoms with van der Waals surface area (Å²) in [4.78, 5) is 5.90. The Morgan fingerprint density at radius 1 is 0.885 bits per heavy atom. The standard InChI is InChI=1S/C21H17NO3S/c1-23-18-10-9-14(12-19(18)24-2)22-16-13-20(21-8-5-11-26-21)25-17-7-4-3-6-15(16)17/h3-13H,1-2H3. The lowest BCUT2D eigenvalue weighted by molar-refractivity contribution is 0.355. The number of para-hydroxylation sites is 1. The highest BCUT2D eigenvalue weighted by Gasteiger charge is 2.08. The van der Waals surface area contributed by atoms with Crippen molar-refractivity contribution in [3.8, 4) is 22.1 Å². The zero-order chi connectivity index (χ0) is 17.9. The molecule has 2 aromatic carbocycles. The molecule has 2 heterocycles. The number of hydrogen-bond acceptors (Lipinski definition) is 5.